The van der Waals surface area contributed by atoms with Gasteiger partial charge in [-0.15, -0.1) is 0 Å². The van der Waals surface area contributed by atoms with E-state index < -0.39 is 10.0 Å². The summed E-state index contributed by atoms with van der Waals surface area (Å²) < 4.78 is 29.9. The third-order valence-electron chi connectivity index (χ3n) is 3.64. The fraction of sp³-hybridized carbons (Fsp3) is 0.375. The SMILES string of the molecule is Cc1cccc(CNS(=O)(=O)c2c(C(C)C)nc3sc(C)nn23)c1. The minimum absolute atomic E-state index is 0.00949. The summed E-state index contributed by atoms with van der Waals surface area (Å²) in [6.45, 7) is 7.91. The number of rotatable bonds is 5. The molecule has 1 aromatic carbocycles. The van der Waals surface area contributed by atoms with Crippen molar-refractivity contribution in [2.75, 3.05) is 0 Å². The summed E-state index contributed by atoms with van der Waals surface area (Å²) >= 11 is 1.39. The van der Waals surface area contributed by atoms with Crippen LogP contribution in [0.4, 0.5) is 0 Å². The first-order valence-corrected chi connectivity index (χ1v) is 9.99. The molecule has 8 heteroatoms. The number of aromatic nitrogens is 3. The highest BCUT2D eigenvalue weighted by Gasteiger charge is 2.28. The van der Waals surface area contributed by atoms with Gasteiger partial charge in [0.05, 0.1) is 5.69 Å². The molecule has 0 spiro atoms. The van der Waals surface area contributed by atoms with Crippen LogP contribution in [0.15, 0.2) is 29.3 Å². The summed E-state index contributed by atoms with van der Waals surface area (Å²) in [5, 5.41) is 5.23. The molecular weight excluding hydrogens is 344 g/mol. The highest BCUT2D eigenvalue weighted by molar-refractivity contribution is 7.89. The Kier molecular flexibility index (Phi) is 4.46. The lowest BCUT2D eigenvalue weighted by Crippen LogP contribution is -2.26. The summed E-state index contributed by atoms with van der Waals surface area (Å²) in [4.78, 5) is 5.07. The summed E-state index contributed by atoms with van der Waals surface area (Å²) in [7, 11) is -3.72. The van der Waals surface area contributed by atoms with Crippen molar-refractivity contribution in [3.63, 3.8) is 0 Å². The van der Waals surface area contributed by atoms with Gasteiger partial charge in [0.1, 0.15) is 5.01 Å². The molecule has 0 saturated carbocycles. The van der Waals surface area contributed by atoms with Crippen LogP contribution in [0.1, 0.15) is 41.6 Å². The summed E-state index contributed by atoms with van der Waals surface area (Å²) in [5.74, 6) is -0.00949. The minimum Gasteiger partial charge on any atom is -0.221 e. The Bertz CT molecular complexity index is 987. The Hall–Kier alpha value is -1.77. The minimum atomic E-state index is -3.72. The molecule has 0 radical (unpaired) electrons. The Balaban J connectivity index is 1.99. The molecule has 3 aromatic rings. The molecule has 24 heavy (non-hydrogen) atoms. The number of nitrogens with zero attached hydrogens (tertiary/aromatic N) is 3. The molecule has 0 aliphatic rings. The van der Waals surface area contributed by atoms with Gasteiger partial charge in [-0.2, -0.15) is 9.61 Å². The third kappa shape index (κ3) is 3.22. The average Bonchev–Trinajstić information content (AvgIpc) is 3.01. The highest BCUT2D eigenvalue weighted by Crippen LogP contribution is 2.27. The molecule has 1 N–H and O–H groups in total. The molecule has 0 amide bonds. The van der Waals surface area contributed by atoms with E-state index in [1.807, 2.05) is 52.0 Å². The maximum absolute atomic E-state index is 12.9. The fourth-order valence-electron chi connectivity index (χ4n) is 2.54. The second kappa shape index (κ2) is 6.27. The first-order chi connectivity index (χ1) is 11.3. The Morgan fingerprint density at radius 3 is 2.71 bits per heavy atom. The molecule has 0 bridgehead atoms. The van der Waals surface area contributed by atoms with Gasteiger partial charge in [0, 0.05) is 6.54 Å². The second-order valence-electron chi connectivity index (χ2n) is 6.09. The van der Waals surface area contributed by atoms with Gasteiger partial charge in [0.25, 0.3) is 10.0 Å². The first-order valence-electron chi connectivity index (χ1n) is 7.69. The summed E-state index contributed by atoms with van der Waals surface area (Å²) in [6, 6.07) is 7.76. The topological polar surface area (TPSA) is 76.4 Å². The van der Waals surface area contributed by atoms with E-state index in [2.05, 4.69) is 14.8 Å². The zero-order chi connectivity index (χ0) is 17.5. The maximum Gasteiger partial charge on any atom is 0.260 e. The Labute approximate surface area is 145 Å². The fourth-order valence-corrected chi connectivity index (χ4v) is 4.75. The van der Waals surface area contributed by atoms with Crippen LogP contribution in [0.3, 0.4) is 0 Å². The van der Waals surface area contributed by atoms with Crippen molar-refractivity contribution >= 4 is 26.3 Å². The van der Waals surface area contributed by atoms with Crippen molar-refractivity contribution in [3.8, 4) is 0 Å². The first kappa shape index (κ1) is 17.1. The monoisotopic (exact) mass is 364 g/mol. The Morgan fingerprint density at radius 1 is 1.29 bits per heavy atom. The quantitative estimate of drug-likeness (QED) is 0.755. The van der Waals surface area contributed by atoms with Gasteiger partial charge in [-0.1, -0.05) is 55.0 Å². The average molecular weight is 364 g/mol. The smallest absolute Gasteiger partial charge is 0.221 e. The number of hydrogen-bond acceptors (Lipinski definition) is 5. The van der Waals surface area contributed by atoms with Gasteiger partial charge in [0.2, 0.25) is 4.96 Å². The van der Waals surface area contributed by atoms with E-state index in [-0.39, 0.29) is 17.5 Å². The van der Waals surface area contributed by atoms with Gasteiger partial charge in [0.15, 0.2) is 5.03 Å². The van der Waals surface area contributed by atoms with Gasteiger partial charge in [-0.05, 0) is 25.3 Å². The predicted octanol–water partition coefficient (Wildman–Crippen LogP) is 3.01. The van der Waals surface area contributed by atoms with Gasteiger partial charge in [-0.3, -0.25) is 0 Å². The van der Waals surface area contributed by atoms with Crippen LogP contribution in [0, 0.1) is 13.8 Å². The highest BCUT2D eigenvalue weighted by atomic mass is 32.2. The van der Waals surface area contributed by atoms with E-state index in [1.54, 1.807) is 0 Å². The van der Waals surface area contributed by atoms with Crippen LogP contribution in [0.2, 0.25) is 0 Å². The number of hydrogen-bond donors (Lipinski definition) is 1. The molecule has 128 valence electrons. The normalized spacial score (nSPS) is 12.4. The van der Waals surface area contributed by atoms with Crippen LogP contribution in [-0.2, 0) is 16.6 Å². The zero-order valence-electron chi connectivity index (χ0n) is 14.1. The second-order valence-corrected chi connectivity index (χ2v) is 8.93. The lowest BCUT2D eigenvalue weighted by Gasteiger charge is -2.09. The van der Waals surface area contributed by atoms with Crippen LogP contribution in [0.5, 0.6) is 0 Å². The van der Waals surface area contributed by atoms with E-state index in [0.29, 0.717) is 10.7 Å². The molecule has 0 saturated heterocycles. The molecule has 0 aliphatic heterocycles. The van der Waals surface area contributed by atoms with E-state index in [4.69, 9.17) is 0 Å². The molecule has 2 aromatic heterocycles. The van der Waals surface area contributed by atoms with Crippen molar-refractivity contribution in [1.29, 1.82) is 0 Å². The van der Waals surface area contributed by atoms with Gasteiger partial charge >= 0.3 is 0 Å². The summed E-state index contributed by atoms with van der Waals surface area (Å²) in [6.07, 6.45) is 0. The Morgan fingerprint density at radius 2 is 2.04 bits per heavy atom. The number of nitrogens with one attached hydrogen (secondary N) is 1. The van der Waals surface area contributed by atoms with Crippen molar-refractivity contribution in [2.45, 2.75) is 45.2 Å². The van der Waals surface area contributed by atoms with Crippen LogP contribution in [-0.4, -0.2) is 23.0 Å². The number of aryl methyl sites for hydroxylation is 2. The zero-order valence-corrected chi connectivity index (χ0v) is 15.7. The molecule has 0 atom stereocenters. The molecule has 3 rings (SSSR count). The van der Waals surface area contributed by atoms with E-state index in [1.165, 1.54) is 15.9 Å². The third-order valence-corrected chi connectivity index (χ3v) is 5.88. The van der Waals surface area contributed by atoms with E-state index in [9.17, 15) is 8.42 Å². The van der Waals surface area contributed by atoms with Crippen molar-refractivity contribution < 1.29 is 8.42 Å². The molecule has 0 aliphatic carbocycles. The lowest BCUT2D eigenvalue weighted by atomic mass is 10.1. The number of fused-ring (bicyclic) bond motifs is 1. The van der Waals surface area contributed by atoms with Crippen LogP contribution >= 0.6 is 11.3 Å². The van der Waals surface area contributed by atoms with Crippen molar-refractivity contribution in [2.24, 2.45) is 0 Å². The van der Waals surface area contributed by atoms with E-state index in [0.717, 1.165) is 16.1 Å². The number of imidazole rings is 1. The predicted molar refractivity (Wildman–Crippen MR) is 94.9 cm³/mol. The van der Waals surface area contributed by atoms with Gasteiger partial charge < -0.3 is 0 Å². The standard InChI is InChI=1S/C16H20N4O2S2/c1-10(2)14-15(20-16(18-14)23-12(4)19-20)24(21,22)17-9-13-7-5-6-11(3)8-13/h5-8,10,17H,9H2,1-4H3. The molecule has 6 nitrogen and oxygen atoms in total. The maximum atomic E-state index is 12.9. The number of benzene rings is 1. The molecular formula is C16H20N4O2S2. The van der Waals surface area contributed by atoms with Crippen molar-refractivity contribution in [1.82, 2.24) is 19.3 Å². The lowest BCUT2D eigenvalue weighted by molar-refractivity contribution is 0.569. The molecule has 0 unspecified atom stereocenters. The van der Waals surface area contributed by atoms with Gasteiger partial charge in [-0.25, -0.2) is 18.1 Å². The largest absolute Gasteiger partial charge is 0.260 e. The molecule has 0 fully saturated rings. The van der Waals surface area contributed by atoms with Crippen molar-refractivity contribution in [3.05, 3.63) is 46.1 Å². The summed E-state index contributed by atoms with van der Waals surface area (Å²) in [5.41, 5.74) is 2.56. The number of sulfonamides is 1. The van der Waals surface area contributed by atoms with Crippen LogP contribution in [0.25, 0.3) is 4.96 Å². The molecule has 2 heterocycles. The van der Waals surface area contributed by atoms with Crippen LogP contribution < -0.4 is 4.72 Å². The van der Waals surface area contributed by atoms with E-state index >= 15 is 0 Å².